The molecule has 1 heterocycles. The maximum atomic E-state index is 12.5. The first kappa shape index (κ1) is 15.3. The third-order valence-electron chi connectivity index (χ3n) is 3.49. The van der Waals surface area contributed by atoms with E-state index in [1.807, 2.05) is 13.0 Å². The van der Waals surface area contributed by atoms with Crippen molar-refractivity contribution in [1.29, 1.82) is 0 Å². The maximum Gasteiger partial charge on any atom is 0.339 e. The van der Waals surface area contributed by atoms with E-state index in [1.165, 1.54) is 12.1 Å². The Hall–Kier alpha value is -2.60. The predicted molar refractivity (Wildman–Crippen MR) is 87.6 cm³/mol. The van der Waals surface area contributed by atoms with E-state index in [0.29, 0.717) is 5.56 Å². The second-order valence-electron chi connectivity index (χ2n) is 5.19. The Balaban J connectivity index is 2.01. The first-order chi connectivity index (χ1) is 11.0. The van der Waals surface area contributed by atoms with Gasteiger partial charge in [0.1, 0.15) is 4.90 Å². The van der Waals surface area contributed by atoms with Crippen molar-refractivity contribution in [3.8, 4) is 17.0 Å². The number of hydrogen-bond donors (Lipinski definition) is 0. The van der Waals surface area contributed by atoms with E-state index in [-0.39, 0.29) is 10.6 Å². The van der Waals surface area contributed by atoms with Gasteiger partial charge in [0, 0.05) is 18.8 Å². The molecule has 0 N–H and O–H groups in total. The number of aryl methyl sites for hydroxylation is 2. The molecule has 0 bridgehead atoms. The summed E-state index contributed by atoms with van der Waals surface area (Å²) in [7, 11) is -2.09. The molecule has 0 aliphatic heterocycles. The summed E-state index contributed by atoms with van der Waals surface area (Å²) < 4.78 is 32.0. The van der Waals surface area contributed by atoms with E-state index in [2.05, 4.69) is 5.10 Å². The second-order valence-corrected chi connectivity index (χ2v) is 6.73. The van der Waals surface area contributed by atoms with E-state index >= 15 is 0 Å². The summed E-state index contributed by atoms with van der Waals surface area (Å²) in [6.07, 6.45) is 1.65. The van der Waals surface area contributed by atoms with Gasteiger partial charge in [-0.1, -0.05) is 29.8 Å². The van der Waals surface area contributed by atoms with Gasteiger partial charge in [0.25, 0.3) is 0 Å². The van der Waals surface area contributed by atoms with Gasteiger partial charge in [0.05, 0.1) is 5.69 Å². The van der Waals surface area contributed by atoms with Crippen LogP contribution < -0.4 is 4.18 Å². The molecule has 3 rings (SSSR count). The van der Waals surface area contributed by atoms with E-state index in [9.17, 15) is 8.42 Å². The fraction of sp³-hybridized carbons (Fsp3) is 0.118. The van der Waals surface area contributed by atoms with Crippen LogP contribution in [0, 0.1) is 6.92 Å². The van der Waals surface area contributed by atoms with Crippen molar-refractivity contribution in [2.24, 2.45) is 7.05 Å². The molecule has 5 nitrogen and oxygen atoms in total. The number of benzene rings is 2. The lowest BCUT2D eigenvalue weighted by Crippen LogP contribution is -2.10. The minimum absolute atomic E-state index is 0.128. The highest BCUT2D eigenvalue weighted by atomic mass is 32.2. The number of aromatic nitrogens is 2. The van der Waals surface area contributed by atoms with Gasteiger partial charge in [0.2, 0.25) is 0 Å². The molecule has 0 aliphatic carbocycles. The summed E-state index contributed by atoms with van der Waals surface area (Å²) in [5.74, 6) is 0.275. The quantitative estimate of drug-likeness (QED) is 0.690. The summed E-state index contributed by atoms with van der Waals surface area (Å²) in [6.45, 7) is 1.90. The van der Waals surface area contributed by atoms with Crippen LogP contribution in [0.5, 0.6) is 5.75 Å². The van der Waals surface area contributed by atoms with Crippen LogP contribution in [0.15, 0.2) is 65.7 Å². The van der Waals surface area contributed by atoms with Crippen molar-refractivity contribution in [2.75, 3.05) is 0 Å². The normalized spacial score (nSPS) is 11.4. The molecule has 0 saturated carbocycles. The van der Waals surface area contributed by atoms with Crippen molar-refractivity contribution >= 4 is 10.1 Å². The van der Waals surface area contributed by atoms with Crippen molar-refractivity contribution in [2.45, 2.75) is 11.8 Å². The standard InChI is InChI=1S/C17H16N2O3S/c1-13-7-9-14(10-8-13)23(20,21)22-17-6-4-3-5-15(17)16-11-12-18-19(16)2/h3-12H,1-2H3. The molecule has 0 saturated heterocycles. The SMILES string of the molecule is Cc1ccc(S(=O)(=O)Oc2ccccc2-c2ccnn2C)cc1. The fourth-order valence-electron chi connectivity index (χ4n) is 2.26. The molecule has 0 spiro atoms. The lowest BCUT2D eigenvalue weighted by Gasteiger charge is -2.11. The molecule has 6 heteroatoms. The molecule has 0 amide bonds. The van der Waals surface area contributed by atoms with Crippen molar-refractivity contribution in [1.82, 2.24) is 9.78 Å². The van der Waals surface area contributed by atoms with Crippen LogP contribution in [0.4, 0.5) is 0 Å². The zero-order chi connectivity index (χ0) is 16.4. The summed E-state index contributed by atoms with van der Waals surface area (Å²) in [6, 6.07) is 15.4. The largest absolute Gasteiger partial charge is 0.378 e. The monoisotopic (exact) mass is 328 g/mol. The van der Waals surface area contributed by atoms with Gasteiger partial charge in [-0.2, -0.15) is 13.5 Å². The average Bonchev–Trinajstić information content (AvgIpc) is 2.94. The molecule has 23 heavy (non-hydrogen) atoms. The van der Waals surface area contributed by atoms with Gasteiger partial charge in [-0.3, -0.25) is 4.68 Å². The molecule has 0 atom stereocenters. The number of hydrogen-bond acceptors (Lipinski definition) is 4. The topological polar surface area (TPSA) is 61.2 Å². The Morgan fingerprint density at radius 1 is 1.00 bits per heavy atom. The van der Waals surface area contributed by atoms with E-state index in [4.69, 9.17) is 4.18 Å². The molecular weight excluding hydrogens is 312 g/mol. The minimum atomic E-state index is -3.89. The molecule has 0 radical (unpaired) electrons. The lowest BCUT2D eigenvalue weighted by molar-refractivity contribution is 0.486. The fourth-order valence-corrected chi connectivity index (χ4v) is 3.21. The highest BCUT2D eigenvalue weighted by Gasteiger charge is 2.19. The second kappa shape index (κ2) is 5.89. The van der Waals surface area contributed by atoms with Crippen LogP contribution in [0.1, 0.15) is 5.56 Å². The van der Waals surface area contributed by atoms with E-state index in [1.54, 1.807) is 54.3 Å². The van der Waals surface area contributed by atoms with Gasteiger partial charge < -0.3 is 4.18 Å². The highest BCUT2D eigenvalue weighted by Crippen LogP contribution is 2.31. The molecule has 0 fully saturated rings. The van der Waals surface area contributed by atoms with Gasteiger partial charge in [-0.25, -0.2) is 0 Å². The predicted octanol–water partition coefficient (Wildman–Crippen LogP) is 3.16. The van der Waals surface area contributed by atoms with Crippen molar-refractivity contribution < 1.29 is 12.6 Å². The Kier molecular flexibility index (Phi) is 3.92. The van der Waals surface area contributed by atoms with E-state index in [0.717, 1.165) is 11.3 Å². The average molecular weight is 328 g/mol. The summed E-state index contributed by atoms with van der Waals surface area (Å²) in [4.78, 5) is 0.128. The summed E-state index contributed by atoms with van der Waals surface area (Å²) in [5, 5.41) is 4.11. The zero-order valence-electron chi connectivity index (χ0n) is 12.8. The third kappa shape index (κ3) is 3.12. The third-order valence-corrected chi connectivity index (χ3v) is 4.74. The minimum Gasteiger partial charge on any atom is -0.378 e. The number of nitrogens with zero attached hydrogens (tertiary/aromatic N) is 2. The van der Waals surface area contributed by atoms with Crippen LogP contribution in [0.3, 0.4) is 0 Å². The Morgan fingerprint density at radius 2 is 1.70 bits per heavy atom. The van der Waals surface area contributed by atoms with E-state index < -0.39 is 10.1 Å². The molecule has 0 unspecified atom stereocenters. The van der Waals surface area contributed by atoms with Crippen LogP contribution in [-0.4, -0.2) is 18.2 Å². The van der Waals surface area contributed by atoms with Gasteiger partial charge in [-0.15, -0.1) is 0 Å². The zero-order valence-corrected chi connectivity index (χ0v) is 13.6. The summed E-state index contributed by atoms with van der Waals surface area (Å²) >= 11 is 0. The van der Waals surface area contributed by atoms with Crippen LogP contribution >= 0.6 is 0 Å². The van der Waals surface area contributed by atoms with Gasteiger partial charge in [-0.05, 0) is 37.3 Å². The van der Waals surface area contributed by atoms with Crippen molar-refractivity contribution in [3.63, 3.8) is 0 Å². The molecule has 118 valence electrons. The Bertz CT molecular complexity index is 928. The molecular formula is C17H16N2O3S. The van der Waals surface area contributed by atoms with Crippen LogP contribution in [0.25, 0.3) is 11.3 Å². The van der Waals surface area contributed by atoms with Crippen molar-refractivity contribution in [3.05, 3.63) is 66.4 Å². The molecule has 3 aromatic rings. The van der Waals surface area contributed by atoms with Crippen LogP contribution in [-0.2, 0) is 17.2 Å². The molecule has 2 aromatic carbocycles. The van der Waals surface area contributed by atoms with Gasteiger partial charge in [0.15, 0.2) is 5.75 Å². The summed E-state index contributed by atoms with van der Waals surface area (Å²) in [5.41, 5.74) is 2.43. The number of rotatable bonds is 4. The molecule has 1 aromatic heterocycles. The first-order valence-corrected chi connectivity index (χ1v) is 8.47. The highest BCUT2D eigenvalue weighted by molar-refractivity contribution is 7.87. The first-order valence-electron chi connectivity index (χ1n) is 7.06. The molecule has 0 aliphatic rings. The Morgan fingerprint density at radius 3 is 2.35 bits per heavy atom. The smallest absolute Gasteiger partial charge is 0.339 e. The number of para-hydroxylation sites is 1. The maximum absolute atomic E-state index is 12.5. The lowest BCUT2D eigenvalue weighted by atomic mass is 10.1. The van der Waals surface area contributed by atoms with Crippen LogP contribution in [0.2, 0.25) is 0 Å². The Labute approximate surface area is 135 Å². The van der Waals surface area contributed by atoms with Gasteiger partial charge >= 0.3 is 10.1 Å².